The molecule has 3 N–H and O–H groups in total. The zero-order chi connectivity index (χ0) is 45.8. The number of esters is 1. The normalized spacial score (nSPS) is 12.9. The minimum absolute atomic E-state index is 0.0299. The molecule has 63 heavy (non-hydrogen) atoms. The molecule has 0 saturated heterocycles. The average molecular weight is 886 g/mol. The molecule has 0 spiro atoms. The van der Waals surface area contributed by atoms with Gasteiger partial charge >= 0.3 is 5.97 Å². The predicted octanol–water partition coefficient (Wildman–Crippen LogP) is 16.9. The molecule has 2 unspecified atom stereocenters. The third kappa shape index (κ3) is 49.4. The van der Waals surface area contributed by atoms with Crippen LogP contribution in [0.25, 0.3) is 0 Å². The summed E-state index contributed by atoms with van der Waals surface area (Å²) in [6.45, 7) is 4.82. The smallest absolute Gasteiger partial charge is 0.305 e. The number of carbonyl (C=O) groups excluding carboxylic acids is 2. The van der Waals surface area contributed by atoms with Crippen molar-refractivity contribution < 1.29 is 24.5 Å². The highest BCUT2D eigenvalue weighted by Crippen LogP contribution is 2.16. The van der Waals surface area contributed by atoms with Crippen molar-refractivity contribution in [3.63, 3.8) is 0 Å². The van der Waals surface area contributed by atoms with Gasteiger partial charge in [-0.3, -0.25) is 9.59 Å². The second-order valence-corrected chi connectivity index (χ2v) is 18.9. The topological polar surface area (TPSA) is 95.9 Å². The van der Waals surface area contributed by atoms with E-state index in [0.29, 0.717) is 19.4 Å². The van der Waals surface area contributed by atoms with Crippen molar-refractivity contribution in [3.05, 3.63) is 36.5 Å². The van der Waals surface area contributed by atoms with Crippen molar-refractivity contribution in [3.8, 4) is 0 Å². The molecule has 2 atom stereocenters. The number of amides is 1. The molecule has 0 aromatic carbocycles. The minimum atomic E-state index is -0.859. The Morgan fingerprint density at radius 1 is 0.444 bits per heavy atom. The number of carbonyl (C=O) groups is 2. The number of nitrogens with one attached hydrogen (secondary N) is 1. The van der Waals surface area contributed by atoms with Crippen molar-refractivity contribution in [2.24, 2.45) is 0 Å². The summed E-state index contributed by atoms with van der Waals surface area (Å²) in [4.78, 5) is 24.5. The summed E-state index contributed by atoms with van der Waals surface area (Å²) in [7, 11) is 0. The van der Waals surface area contributed by atoms with Crippen LogP contribution in [0.5, 0.6) is 0 Å². The fourth-order valence-corrected chi connectivity index (χ4v) is 8.36. The highest BCUT2D eigenvalue weighted by molar-refractivity contribution is 5.76. The summed E-state index contributed by atoms with van der Waals surface area (Å²) in [6, 6.07) is -0.644. The lowest BCUT2D eigenvalue weighted by Gasteiger charge is -2.20. The largest absolute Gasteiger partial charge is 0.466 e. The molecule has 0 bridgehead atoms. The van der Waals surface area contributed by atoms with Crippen molar-refractivity contribution in [2.75, 3.05) is 13.2 Å². The first-order valence-electron chi connectivity index (χ1n) is 27.8. The highest BCUT2D eigenvalue weighted by Gasteiger charge is 2.18. The Morgan fingerprint density at radius 3 is 1.25 bits per heavy atom. The maximum Gasteiger partial charge on any atom is 0.305 e. The number of allylic oxidation sites excluding steroid dienone is 5. The Bertz CT molecular complexity index is 1020. The van der Waals surface area contributed by atoms with Crippen LogP contribution in [0.1, 0.15) is 290 Å². The molecule has 6 heteroatoms. The summed E-state index contributed by atoms with van der Waals surface area (Å²) in [6.07, 6.45) is 64.4. The van der Waals surface area contributed by atoms with Gasteiger partial charge in [-0.25, -0.2) is 0 Å². The van der Waals surface area contributed by atoms with E-state index in [-0.39, 0.29) is 18.5 Å². The second-order valence-electron chi connectivity index (χ2n) is 18.9. The van der Waals surface area contributed by atoms with Crippen molar-refractivity contribution in [1.29, 1.82) is 0 Å². The van der Waals surface area contributed by atoms with Crippen LogP contribution in [0.15, 0.2) is 36.5 Å². The van der Waals surface area contributed by atoms with Gasteiger partial charge in [0.05, 0.1) is 25.4 Å². The van der Waals surface area contributed by atoms with Gasteiger partial charge in [0.1, 0.15) is 0 Å². The maximum absolute atomic E-state index is 12.5. The van der Waals surface area contributed by atoms with Crippen molar-refractivity contribution in [2.45, 2.75) is 302 Å². The van der Waals surface area contributed by atoms with E-state index in [2.05, 4.69) is 43.5 Å². The van der Waals surface area contributed by atoms with E-state index in [0.717, 1.165) is 70.6 Å². The van der Waals surface area contributed by atoms with Gasteiger partial charge < -0.3 is 20.3 Å². The molecule has 0 aliphatic heterocycles. The van der Waals surface area contributed by atoms with Crippen LogP contribution in [0.2, 0.25) is 0 Å². The van der Waals surface area contributed by atoms with Gasteiger partial charge in [-0.05, 0) is 57.8 Å². The molecule has 1 amide bonds. The first kappa shape index (κ1) is 61.1. The first-order chi connectivity index (χ1) is 31.0. The lowest BCUT2D eigenvalue weighted by atomic mass is 10.0. The van der Waals surface area contributed by atoms with Gasteiger partial charge in [-0.1, -0.05) is 256 Å². The Labute approximate surface area is 392 Å². The van der Waals surface area contributed by atoms with E-state index < -0.39 is 12.1 Å². The fourth-order valence-electron chi connectivity index (χ4n) is 8.36. The molecule has 0 aliphatic rings. The van der Waals surface area contributed by atoms with Gasteiger partial charge in [-0.15, -0.1) is 0 Å². The number of aliphatic hydroxyl groups excluding tert-OH is 2. The Morgan fingerprint density at radius 2 is 0.810 bits per heavy atom. The Kier molecular flexibility index (Phi) is 51.1. The molecule has 0 heterocycles. The molecule has 0 saturated carbocycles. The maximum atomic E-state index is 12.5. The van der Waals surface area contributed by atoms with Crippen LogP contribution >= 0.6 is 0 Å². The summed E-state index contributed by atoms with van der Waals surface area (Å²) in [5.41, 5.74) is 0. The fraction of sp³-hybridized carbons (Fsp3) is 0.860. The number of aliphatic hydroxyl groups is 2. The van der Waals surface area contributed by atoms with Crippen molar-refractivity contribution >= 4 is 11.9 Å². The molecule has 370 valence electrons. The number of ether oxygens (including phenoxy) is 1. The second kappa shape index (κ2) is 52.7. The third-order valence-electron chi connectivity index (χ3n) is 12.7. The summed E-state index contributed by atoms with van der Waals surface area (Å²) >= 11 is 0. The van der Waals surface area contributed by atoms with Gasteiger partial charge in [-0.2, -0.15) is 0 Å². The monoisotopic (exact) mass is 886 g/mol. The minimum Gasteiger partial charge on any atom is -0.466 e. The number of rotatable bonds is 51. The SMILES string of the molecule is CCCC/C=C\C/C=C\CCCCCCCC(=O)OCCCCCCCCCCCCCC(=O)NC(CO)C(O)/C=C/CCCCCCCCCCCCCCCCCCCCC. The van der Waals surface area contributed by atoms with Crippen LogP contribution in [0.3, 0.4) is 0 Å². The standard InChI is InChI=1S/C57H107NO5/c1-3-5-7-9-11-13-15-17-19-20-21-22-23-24-25-26-29-33-37-41-45-49-55(60)54(53-59)58-56(61)50-46-42-38-34-30-28-32-36-40-44-48-52-63-57(62)51-47-43-39-35-31-27-18-16-14-12-10-8-6-4-2/h10,12,16,18,45,49,54-55,59-60H,3-9,11,13-15,17,19-44,46-48,50-53H2,1-2H3,(H,58,61)/b12-10-,18-16-,49-45+. The highest BCUT2D eigenvalue weighted by atomic mass is 16.5. The first-order valence-corrected chi connectivity index (χ1v) is 27.8. The van der Waals surface area contributed by atoms with Crippen molar-refractivity contribution in [1.82, 2.24) is 5.32 Å². The van der Waals surface area contributed by atoms with Gasteiger partial charge in [0.2, 0.25) is 5.91 Å². The lowest BCUT2D eigenvalue weighted by molar-refractivity contribution is -0.143. The summed E-state index contributed by atoms with van der Waals surface area (Å²) < 4.78 is 5.45. The Hall–Kier alpha value is -1.92. The quantitative estimate of drug-likeness (QED) is 0.0321. The van der Waals surface area contributed by atoms with E-state index in [1.54, 1.807) is 6.08 Å². The molecular formula is C57H107NO5. The molecule has 0 radical (unpaired) electrons. The van der Waals surface area contributed by atoms with Gasteiger partial charge in [0, 0.05) is 12.8 Å². The summed E-state index contributed by atoms with van der Waals surface area (Å²) in [5.74, 6) is -0.116. The molecule has 0 aromatic heterocycles. The van der Waals surface area contributed by atoms with Crippen LogP contribution in [0.4, 0.5) is 0 Å². The van der Waals surface area contributed by atoms with Crippen LogP contribution in [0, 0.1) is 0 Å². The van der Waals surface area contributed by atoms with E-state index in [1.165, 1.54) is 193 Å². The molecule has 0 aromatic rings. The van der Waals surface area contributed by atoms with Crippen LogP contribution in [-0.2, 0) is 14.3 Å². The number of hydrogen-bond donors (Lipinski definition) is 3. The van der Waals surface area contributed by atoms with E-state index >= 15 is 0 Å². The van der Waals surface area contributed by atoms with Gasteiger partial charge in [0.25, 0.3) is 0 Å². The zero-order valence-corrected chi connectivity index (χ0v) is 42.1. The van der Waals surface area contributed by atoms with E-state index in [1.807, 2.05) is 6.08 Å². The predicted molar refractivity (Wildman–Crippen MR) is 273 cm³/mol. The molecule has 6 nitrogen and oxygen atoms in total. The Balaban J connectivity index is 3.52. The van der Waals surface area contributed by atoms with Crippen LogP contribution in [-0.4, -0.2) is 47.4 Å². The van der Waals surface area contributed by atoms with Crippen LogP contribution < -0.4 is 5.32 Å². The summed E-state index contributed by atoms with van der Waals surface area (Å²) in [5, 5.41) is 23.1. The lowest BCUT2D eigenvalue weighted by Crippen LogP contribution is -2.45. The van der Waals surface area contributed by atoms with Gasteiger partial charge in [0.15, 0.2) is 0 Å². The molecule has 0 rings (SSSR count). The number of unbranched alkanes of at least 4 members (excludes halogenated alkanes) is 36. The molecule has 0 fully saturated rings. The van der Waals surface area contributed by atoms with E-state index in [9.17, 15) is 19.8 Å². The third-order valence-corrected chi connectivity index (χ3v) is 12.7. The molecular weight excluding hydrogens is 779 g/mol. The van der Waals surface area contributed by atoms with E-state index in [4.69, 9.17) is 4.74 Å². The number of hydrogen-bond acceptors (Lipinski definition) is 5. The zero-order valence-electron chi connectivity index (χ0n) is 42.1. The molecule has 0 aliphatic carbocycles. The average Bonchev–Trinajstić information content (AvgIpc) is 3.28.